The minimum atomic E-state index is -0.377. The molecule has 0 amide bonds. The number of hydrogen-bond donors (Lipinski definition) is 0. The minimum absolute atomic E-state index is 0.377. The number of aliphatic imine (C=N–C) groups is 1. The number of halogens is 1. The molecular weight excluding hydrogens is 153 g/mol. The van der Waals surface area contributed by atoms with Gasteiger partial charge in [0.2, 0.25) is 0 Å². The lowest BCUT2D eigenvalue weighted by atomic mass is 10.0. The lowest BCUT2D eigenvalue weighted by Crippen LogP contribution is -1.98. The van der Waals surface area contributed by atoms with E-state index in [1.54, 1.807) is 6.21 Å². The van der Waals surface area contributed by atoms with Crippen LogP contribution in [0.3, 0.4) is 0 Å². The molecule has 0 aliphatic carbocycles. The quantitative estimate of drug-likeness (QED) is 0.572. The van der Waals surface area contributed by atoms with Crippen molar-refractivity contribution in [1.82, 2.24) is 0 Å². The molecular formula is C10H16FN. The van der Waals surface area contributed by atoms with Gasteiger partial charge < -0.3 is 0 Å². The van der Waals surface area contributed by atoms with E-state index in [2.05, 4.69) is 11.9 Å². The maximum absolute atomic E-state index is 12.3. The Kier molecular flexibility index (Phi) is 3.98. The molecule has 0 radical (unpaired) electrons. The Morgan fingerprint density at radius 1 is 1.67 bits per heavy atom. The Labute approximate surface area is 73.4 Å². The van der Waals surface area contributed by atoms with Gasteiger partial charge in [-0.3, -0.25) is 4.99 Å². The smallest absolute Gasteiger partial charge is 0.116 e. The molecule has 0 N–H and O–H groups in total. The summed E-state index contributed by atoms with van der Waals surface area (Å²) in [7, 11) is 0. The van der Waals surface area contributed by atoms with Crippen LogP contribution in [0.4, 0.5) is 4.39 Å². The molecule has 1 heterocycles. The second kappa shape index (κ2) is 5.07. The van der Waals surface area contributed by atoms with Gasteiger partial charge in [-0.1, -0.05) is 13.0 Å². The highest BCUT2D eigenvalue weighted by Crippen LogP contribution is 2.11. The lowest BCUT2D eigenvalue weighted by Gasteiger charge is -2.04. The third kappa shape index (κ3) is 3.16. The molecule has 0 aromatic rings. The first kappa shape index (κ1) is 9.43. The minimum Gasteiger partial charge on any atom is -0.293 e. The van der Waals surface area contributed by atoms with Crippen molar-refractivity contribution < 1.29 is 4.39 Å². The first-order chi connectivity index (χ1) is 5.83. The average Bonchev–Trinajstić information content (AvgIpc) is 2.17. The predicted molar refractivity (Wildman–Crippen MR) is 50.4 cm³/mol. The zero-order valence-corrected chi connectivity index (χ0v) is 7.59. The highest BCUT2D eigenvalue weighted by molar-refractivity contribution is 5.78. The van der Waals surface area contributed by atoms with Gasteiger partial charge in [0, 0.05) is 12.8 Å². The molecule has 1 nitrogen and oxygen atoms in total. The molecule has 0 aromatic heterocycles. The second-order valence-electron chi connectivity index (χ2n) is 3.44. The van der Waals surface area contributed by atoms with Crippen molar-refractivity contribution in [2.45, 2.75) is 26.2 Å². The highest BCUT2D eigenvalue weighted by Gasteiger charge is 2.02. The van der Waals surface area contributed by atoms with Gasteiger partial charge in [-0.05, 0) is 30.8 Å². The molecule has 0 bridgehead atoms. The van der Waals surface area contributed by atoms with E-state index < -0.39 is 0 Å². The summed E-state index contributed by atoms with van der Waals surface area (Å²) in [4.78, 5) is 4.19. The fraction of sp³-hybridized carbons (Fsp3) is 0.700. The summed E-state index contributed by atoms with van der Waals surface area (Å²) >= 11 is 0. The number of hydrogen-bond acceptors (Lipinski definition) is 1. The van der Waals surface area contributed by atoms with E-state index in [0.717, 1.165) is 25.0 Å². The summed E-state index contributed by atoms with van der Waals surface area (Å²) in [6.45, 7) is 2.66. The van der Waals surface area contributed by atoms with Crippen LogP contribution < -0.4 is 0 Å². The molecule has 0 fully saturated rings. The van der Waals surface area contributed by atoms with Crippen LogP contribution in [0.1, 0.15) is 26.2 Å². The van der Waals surface area contributed by atoms with Gasteiger partial charge in [-0.25, -0.2) is 4.39 Å². The monoisotopic (exact) mass is 169 g/mol. The molecule has 2 heteroatoms. The SMILES string of the molecule is C[C@H]1CCC/C=C(CF)\C=N/C1. The van der Waals surface area contributed by atoms with Gasteiger partial charge in [0.1, 0.15) is 6.67 Å². The van der Waals surface area contributed by atoms with E-state index >= 15 is 0 Å². The normalized spacial score (nSPS) is 32.5. The summed E-state index contributed by atoms with van der Waals surface area (Å²) in [6, 6.07) is 0. The van der Waals surface area contributed by atoms with Crippen LogP contribution in [0.15, 0.2) is 16.6 Å². The van der Waals surface area contributed by atoms with Gasteiger partial charge in [0.25, 0.3) is 0 Å². The average molecular weight is 169 g/mol. The maximum atomic E-state index is 12.3. The Bertz CT molecular complexity index is 184. The lowest BCUT2D eigenvalue weighted by molar-refractivity contribution is 0.526. The highest BCUT2D eigenvalue weighted by atomic mass is 19.1. The number of rotatable bonds is 1. The van der Waals surface area contributed by atoms with Crippen molar-refractivity contribution in [3.8, 4) is 0 Å². The molecule has 1 rings (SSSR count). The van der Waals surface area contributed by atoms with Gasteiger partial charge in [-0.15, -0.1) is 0 Å². The summed E-state index contributed by atoms with van der Waals surface area (Å²) in [5, 5.41) is 0. The van der Waals surface area contributed by atoms with Crippen LogP contribution in [-0.2, 0) is 0 Å². The van der Waals surface area contributed by atoms with Crippen molar-refractivity contribution in [2.24, 2.45) is 10.9 Å². The summed E-state index contributed by atoms with van der Waals surface area (Å²) in [5.74, 6) is 0.647. The fourth-order valence-electron chi connectivity index (χ4n) is 1.34. The van der Waals surface area contributed by atoms with Gasteiger partial charge in [-0.2, -0.15) is 0 Å². The van der Waals surface area contributed by atoms with E-state index in [0.29, 0.717) is 5.92 Å². The molecule has 1 atom stereocenters. The Morgan fingerprint density at radius 2 is 2.50 bits per heavy atom. The molecule has 0 unspecified atom stereocenters. The second-order valence-corrected chi connectivity index (χ2v) is 3.44. The zero-order chi connectivity index (χ0) is 8.81. The molecule has 68 valence electrons. The number of allylic oxidation sites excluding steroid dienone is 2. The van der Waals surface area contributed by atoms with E-state index in [9.17, 15) is 4.39 Å². The zero-order valence-electron chi connectivity index (χ0n) is 7.59. The van der Waals surface area contributed by atoms with Gasteiger partial charge >= 0.3 is 0 Å². The summed E-state index contributed by atoms with van der Waals surface area (Å²) in [5.41, 5.74) is 0.740. The topological polar surface area (TPSA) is 12.4 Å². The van der Waals surface area contributed by atoms with Gasteiger partial charge in [0.15, 0.2) is 0 Å². The van der Waals surface area contributed by atoms with Crippen LogP contribution >= 0.6 is 0 Å². The first-order valence-electron chi connectivity index (χ1n) is 4.57. The fourth-order valence-corrected chi connectivity index (χ4v) is 1.34. The predicted octanol–water partition coefficient (Wildman–Crippen LogP) is 2.77. The van der Waals surface area contributed by atoms with Crippen molar-refractivity contribution in [3.63, 3.8) is 0 Å². The van der Waals surface area contributed by atoms with Gasteiger partial charge in [0.05, 0.1) is 0 Å². The molecule has 0 aromatic carbocycles. The molecule has 0 saturated heterocycles. The number of nitrogens with zero attached hydrogens (tertiary/aromatic N) is 1. The summed E-state index contributed by atoms with van der Waals surface area (Å²) < 4.78 is 12.3. The van der Waals surface area contributed by atoms with Crippen molar-refractivity contribution >= 4 is 6.21 Å². The van der Waals surface area contributed by atoms with Crippen molar-refractivity contribution in [3.05, 3.63) is 11.6 Å². The van der Waals surface area contributed by atoms with Crippen LogP contribution in [0.2, 0.25) is 0 Å². The molecule has 0 spiro atoms. The standard InChI is InChI=1S/C10H16FN/c1-9-4-2-3-5-10(6-11)8-12-7-9/h5,8-9H,2-4,6-7H2,1H3/b10-5-,12-8-/t9-/m0/s1. The van der Waals surface area contributed by atoms with Crippen molar-refractivity contribution in [2.75, 3.05) is 13.2 Å². The van der Waals surface area contributed by atoms with E-state index in [1.807, 2.05) is 6.08 Å². The van der Waals surface area contributed by atoms with Crippen LogP contribution in [-0.4, -0.2) is 19.4 Å². The van der Waals surface area contributed by atoms with Crippen molar-refractivity contribution in [1.29, 1.82) is 0 Å². The first-order valence-corrected chi connectivity index (χ1v) is 4.57. The maximum Gasteiger partial charge on any atom is 0.116 e. The third-order valence-corrected chi connectivity index (χ3v) is 2.14. The van der Waals surface area contributed by atoms with E-state index in [-0.39, 0.29) is 6.67 Å². The van der Waals surface area contributed by atoms with Crippen LogP contribution in [0, 0.1) is 5.92 Å². The third-order valence-electron chi connectivity index (χ3n) is 2.14. The van der Waals surface area contributed by atoms with Crippen LogP contribution in [0.25, 0.3) is 0 Å². The van der Waals surface area contributed by atoms with E-state index in [1.165, 1.54) is 6.42 Å². The number of alkyl halides is 1. The molecule has 0 saturated carbocycles. The summed E-state index contributed by atoms with van der Waals surface area (Å²) in [6.07, 6.45) is 7.00. The van der Waals surface area contributed by atoms with E-state index in [4.69, 9.17) is 0 Å². The molecule has 1 aliphatic rings. The Morgan fingerprint density at radius 3 is 3.25 bits per heavy atom. The molecule has 1 aliphatic heterocycles. The largest absolute Gasteiger partial charge is 0.293 e. The molecule has 12 heavy (non-hydrogen) atoms. The Balaban J connectivity index is 2.53. The van der Waals surface area contributed by atoms with Crippen LogP contribution in [0.5, 0.6) is 0 Å². The Hall–Kier alpha value is -0.660.